The number of aromatic amines is 1. The van der Waals surface area contributed by atoms with Gasteiger partial charge in [0.05, 0.1) is 0 Å². The molecule has 0 saturated heterocycles. The maximum Gasteiger partial charge on any atom is 0.303 e. The van der Waals surface area contributed by atoms with Crippen LogP contribution >= 0.6 is 0 Å². The second-order valence-corrected chi connectivity index (χ2v) is 4.08. The number of nitrogens with two attached hydrogens (primary N) is 1. The summed E-state index contributed by atoms with van der Waals surface area (Å²) >= 11 is 0. The number of hydrogen-bond donors (Lipinski definition) is 2. The second-order valence-electron chi connectivity index (χ2n) is 4.08. The lowest BCUT2D eigenvalue weighted by atomic mass is 9.86. The highest BCUT2D eigenvalue weighted by atomic mass is 16.5. The van der Waals surface area contributed by atoms with Gasteiger partial charge in [-0.2, -0.15) is 5.16 Å². The molecule has 0 aromatic carbocycles. The number of H-pyrrole nitrogens is 1. The summed E-state index contributed by atoms with van der Waals surface area (Å²) < 4.78 is 5.04. The van der Waals surface area contributed by atoms with E-state index >= 15 is 0 Å². The molecule has 0 atom stereocenters. The van der Waals surface area contributed by atoms with E-state index in [0.29, 0.717) is 11.7 Å². The molecule has 4 heteroatoms. The Morgan fingerprint density at radius 1 is 1.36 bits per heavy atom. The fourth-order valence-electron chi connectivity index (χ4n) is 2.15. The molecule has 0 bridgehead atoms. The van der Waals surface area contributed by atoms with Crippen molar-refractivity contribution < 1.29 is 4.52 Å². The zero-order chi connectivity index (χ0) is 9.97. The van der Waals surface area contributed by atoms with Gasteiger partial charge in [-0.15, -0.1) is 0 Å². The summed E-state index contributed by atoms with van der Waals surface area (Å²) in [5.41, 5.74) is 5.55. The van der Waals surface area contributed by atoms with Gasteiger partial charge in [-0.1, -0.05) is 32.1 Å². The Morgan fingerprint density at radius 3 is 2.64 bits per heavy atom. The Labute approximate surface area is 82.4 Å². The van der Waals surface area contributed by atoms with E-state index in [2.05, 4.69) is 5.16 Å². The van der Waals surface area contributed by atoms with E-state index in [4.69, 9.17) is 10.3 Å². The van der Waals surface area contributed by atoms with Gasteiger partial charge in [0, 0.05) is 6.42 Å². The normalized spacial score (nSPS) is 18.6. The smallest absolute Gasteiger partial charge is 0.303 e. The lowest BCUT2D eigenvalue weighted by molar-refractivity contribution is 0.309. The molecule has 1 aliphatic carbocycles. The van der Waals surface area contributed by atoms with E-state index in [1.165, 1.54) is 32.1 Å². The standard InChI is InChI=1S/C10H16N2O2/c11-9-8(14-12-10(9)13)6-7-4-2-1-3-5-7/h7H,1-6,11H2,(H,12,13). The van der Waals surface area contributed by atoms with Gasteiger partial charge in [-0.3, -0.25) is 4.79 Å². The maximum absolute atomic E-state index is 11.0. The van der Waals surface area contributed by atoms with Crippen LogP contribution in [0, 0.1) is 5.92 Å². The molecule has 1 fully saturated rings. The van der Waals surface area contributed by atoms with Gasteiger partial charge in [-0.25, -0.2) is 0 Å². The van der Waals surface area contributed by atoms with Gasteiger partial charge in [-0.05, 0) is 5.92 Å². The Hall–Kier alpha value is -1.19. The lowest BCUT2D eigenvalue weighted by Gasteiger charge is -2.19. The fraction of sp³-hybridized carbons (Fsp3) is 0.700. The second kappa shape index (κ2) is 3.90. The number of nitrogens with one attached hydrogen (secondary N) is 1. The van der Waals surface area contributed by atoms with E-state index in [-0.39, 0.29) is 11.2 Å². The first kappa shape index (κ1) is 9.37. The summed E-state index contributed by atoms with van der Waals surface area (Å²) in [5, 5.41) is 2.27. The van der Waals surface area contributed by atoms with Gasteiger partial charge in [0.2, 0.25) is 0 Å². The number of rotatable bonds is 2. The summed E-state index contributed by atoms with van der Waals surface area (Å²) in [6, 6.07) is 0. The monoisotopic (exact) mass is 196 g/mol. The molecule has 0 aliphatic heterocycles. The molecular formula is C10H16N2O2. The van der Waals surface area contributed by atoms with Gasteiger partial charge < -0.3 is 10.3 Å². The van der Waals surface area contributed by atoms with E-state index in [9.17, 15) is 4.79 Å². The Morgan fingerprint density at radius 2 is 2.07 bits per heavy atom. The highest BCUT2D eigenvalue weighted by Crippen LogP contribution is 2.27. The summed E-state index contributed by atoms with van der Waals surface area (Å²) in [6.07, 6.45) is 7.19. The minimum Gasteiger partial charge on any atom is -0.391 e. The van der Waals surface area contributed by atoms with Crippen LogP contribution in [-0.2, 0) is 6.42 Å². The van der Waals surface area contributed by atoms with Crippen LogP contribution < -0.4 is 11.3 Å². The number of nitrogen functional groups attached to an aromatic ring is 1. The minimum absolute atomic E-state index is 0.260. The molecule has 1 aromatic heterocycles. The van der Waals surface area contributed by atoms with Crippen molar-refractivity contribution in [2.45, 2.75) is 38.5 Å². The first-order chi connectivity index (χ1) is 6.77. The zero-order valence-corrected chi connectivity index (χ0v) is 8.21. The van der Waals surface area contributed by atoms with Gasteiger partial charge in [0.25, 0.3) is 0 Å². The average Bonchev–Trinajstić information content (AvgIpc) is 2.52. The van der Waals surface area contributed by atoms with Crippen LogP contribution in [0.3, 0.4) is 0 Å². The zero-order valence-electron chi connectivity index (χ0n) is 8.21. The van der Waals surface area contributed by atoms with Crippen LogP contribution in [0.1, 0.15) is 37.9 Å². The maximum atomic E-state index is 11.0. The van der Waals surface area contributed by atoms with Crippen molar-refractivity contribution in [3.05, 3.63) is 16.1 Å². The van der Waals surface area contributed by atoms with Crippen molar-refractivity contribution >= 4 is 5.69 Å². The predicted octanol–water partition coefficient (Wildman–Crippen LogP) is 1.67. The molecular weight excluding hydrogens is 180 g/mol. The van der Waals surface area contributed by atoms with Gasteiger partial charge in [0.1, 0.15) is 5.69 Å². The van der Waals surface area contributed by atoms with Crippen LogP contribution in [0.25, 0.3) is 0 Å². The van der Waals surface area contributed by atoms with Crippen molar-refractivity contribution in [1.82, 2.24) is 5.16 Å². The molecule has 1 aromatic rings. The molecule has 0 spiro atoms. The molecule has 2 rings (SSSR count). The fourth-order valence-corrected chi connectivity index (χ4v) is 2.15. The van der Waals surface area contributed by atoms with Crippen molar-refractivity contribution in [2.24, 2.45) is 5.92 Å². The summed E-state index contributed by atoms with van der Waals surface area (Å²) in [5.74, 6) is 1.28. The third-order valence-electron chi connectivity index (χ3n) is 3.01. The van der Waals surface area contributed by atoms with Crippen LogP contribution in [0.4, 0.5) is 5.69 Å². The average molecular weight is 196 g/mol. The SMILES string of the molecule is Nc1c(CC2CCCCC2)o[nH]c1=O. The van der Waals surface area contributed by atoms with Crippen LogP contribution in [0.2, 0.25) is 0 Å². The largest absolute Gasteiger partial charge is 0.391 e. The van der Waals surface area contributed by atoms with Crippen molar-refractivity contribution in [1.29, 1.82) is 0 Å². The number of hydrogen-bond acceptors (Lipinski definition) is 3. The Bertz CT molecular complexity index is 347. The molecule has 14 heavy (non-hydrogen) atoms. The number of anilines is 1. The highest BCUT2D eigenvalue weighted by molar-refractivity contribution is 5.38. The molecule has 0 amide bonds. The molecule has 78 valence electrons. The first-order valence-electron chi connectivity index (χ1n) is 5.23. The first-order valence-corrected chi connectivity index (χ1v) is 5.23. The van der Waals surface area contributed by atoms with Crippen molar-refractivity contribution in [2.75, 3.05) is 5.73 Å². The van der Waals surface area contributed by atoms with Crippen molar-refractivity contribution in [3.8, 4) is 0 Å². The van der Waals surface area contributed by atoms with E-state index in [1.807, 2.05) is 0 Å². The third-order valence-corrected chi connectivity index (χ3v) is 3.01. The van der Waals surface area contributed by atoms with Crippen LogP contribution in [0.15, 0.2) is 9.32 Å². The minimum atomic E-state index is -0.296. The summed E-state index contributed by atoms with van der Waals surface area (Å²) in [6.45, 7) is 0. The molecule has 1 aliphatic rings. The van der Waals surface area contributed by atoms with E-state index < -0.39 is 0 Å². The molecule has 0 unspecified atom stereocenters. The predicted molar refractivity (Wildman–Crippen MR) is 54.0 cm³/mol. The quantitative estimate of drug-likeness (QED) is 0.755. The lowest BCUT2D eigenvalue weighted by Crippen LogP contribution is -2.11. The topological polar surface area (TPSA) is 72.0 Å². The van der Waals surface area contributed by atoms with E-state index in [0.717, 1.165) is 6.42 Å². The number of aromatic nitrogens is 1. The summed E-state index contributed by atoms with van der Waals surface area (Å²) in [4.78, 5) is 11.0. The molecule has 0 radical (unpaired) electrons. The third kappa shape index (κ3) is 1.84. The van der Waals surface area contributed by atoms with Crippen LogP contribution in [-0.4, -0.2) is 5.16 Å². The van der Waals surface area contributed by atoms with Crippen LogP contribution in [0.5, 0.6) is 0 Å². The molecule has 1 saturated carbocycles. The van der Waals surface area contributed by atoms with Gasteiger partial charge in [0.15, 0.2) is 5.76 Å². The molecule has 4 nitrogen and oxygen atoms in total. The van der Waals surface area contributed by atoms with Crippen molar-refractivity contribution in [3.63, 3.8) is 0 Å². The molecule has 3 N–H and O–H groups in total. The summed E-state index contributed by atoms with van der Waals surface area (Å²) in [7, 11) is 0. The molecule has 1 heterocycles. The Kier molecular flexibility index (Phi) is 2.61. The Balaban J connectivity index is 2.02. The highest BCUT2D eigenvalue weighted by Gasteiger charge is 2.18. The van der Waals surface area contributed by atoms with E-state index in [1.54, 1.807) is 0 Å². The van der Waals surface area contributed by atoms with Gasteiger partial charge >= 0.3 is 5.56 Å².